The molecular weight excluding hydrogens is 262 g/mol. The lowest BCUT2D eigenvalue weighted by Gasteiger charge is -2.32. The molecule has 0 aliphatic heterocycles. The summed E-state index contributed by atoms with van der Waals surface area (Å²) < 4.78 is 10.1. The number of rotatable bonds is 10. The van der Waals surface area contributed by atoms with Crippen LogP contribution in [0.25, 0.3) is 0 Å². The van der Waals surface area contributed by atoms with Crippen molar-refractivity contribution < 1.29 is 14.3 Å². The highest BCUT2D eigenvalue weighted by molar-refractivity contribution is 7.99. The molecule has 0 spiro atoms. The highest BCUT2D eigenvalue weighted by Gasteiger charge is 2.53. The van der Waals surface area contributed by atoms with Gasteiger partial charge in [0.15, 0.2) is 0 Å². The van der Waals surface area contributed by atoms with Crippen LogP contribution in [0.4, 0.5) is 0 Å². The van der Waals surface area contributed by atoms with Crippen molar-refractivity contribution in [2.45, 2.75) is 43.7 Å². The number of carbonyl (C=O) groups is 1. The first-order chi connectivity index (χ1) is 9.23. The molecule has 2 rings (SSSR count). The molecule has 19 heavy (non-hydrogen) atoms. The number of esters is 1. The second-order valence-electron chi connectivity index (χ2n) is 5.55. The Morgan fingerprint density at radius 1 is 1.32 bits per heavy atom. The van der Waals surface area contributed by atoms with Crippen molar-refractivity contribution in [3.63, 3.8) is 0 Å². The summed E-state index contributed by atoms with van der Waals surface area (Å²) in [6, 6.07) is 0.527. The van der Waals surface area contributed by atoms with Gasteiger partial charge in [-0.3, -0.25) is 10.1 Å². The maximum Gasteiger partial charge on any atom is 0.327 e. The fourth-order valence-electron chi connectivity index (χ4n) is 2.45. The highest BCUT2D eigenvalue weighted by Crippen LogP contribution is 2.44. The summed E-state index contributed by atoms with van der Waals surface area (Å²) in [6.07, 6.45) is 5.72. The quantitative estimate of drug-likeness (QED) is 0.491. The zero-order valence-corrected chi connectivity index (χ0v) is 12.8. The largest absolute Gasteiger partial charge is 0.468 e. The van der Waals surface area contributed by atoms with E-state index >= 15 is 0 Å². The van der Waals surface area contributed by atoms with Gasteiger partial charge in [0.1, 0.15) is 5.54 Å². The molecule has 0 aromatic rings. The number of methoxy groups -OCH3 is 2. The first kappa shape index (κ1) is 15.1. The van der Waals surface area contributed by atoms with Gasteiger partial charge in [-0.2, -0.15) is 11.8 Å². The predicted octanol–water partition coefficient (Wildman–Crippen LogP) is 1.83. The Labute approximate surface area is 120 Å². The van der Waals surface area contributed by atoms with E-state index in [1.807, 2.05) is 11.8 Å². The van der Waals surface area contributed by atoms with Crippen LogP contribution in [0, 0.1) is 5.92 Å². The first-order valence-corrected chi connectivity index (χ1v) is 8.31. The molecule has 5 heteroatoms. The molecule has 0 radical (unpaired) electrons. The van der Waals surface area contributed by atoms with Crippen molar-refractivity contribution in [3.8, 4) is 0 Å². The summed E-state index contributed by atoms with van der Waals surface area (Å²) in [5, 5.41) is 3.58. The predicted molar refractivity (Wildman–Crippen MR) is 77.4 cm³/mol. The van der Waals surface area contributed by atoms with Crippen LogP contribution in [0.15, 0.2) is 0 Å². The molecule has 0 saturated heterocycles. The second-order valence-corrected chi connectivity index (χ2v) is 6.66. The van der Waals surface area contributed by atoms with E-state index in [2.05, 4.69) is 5.32 Å². The fraction of sp³-hybridized carbons (Fsp3) is 0.929. The number of nitrogens with one attached hydrogen (secondary N) is 1. The Morgan fingerprint density at radius 3 is 2.58 bits per heavy atom. The van der Waals surface area contributed by atoms with Crippen LogP contribution in [0.1, 0.15) is 32.1 Å². The van der Waals surface area contributed by atoms with Crippen LogP contribution in [0.2, 0.25) is 0 Å². The van der Waals surface area contributed by atoms with E-state index in [9.17, 15) is 4.79 Å². The Morgan fingerprint density at radius 2 is 2.05 bits per heavy atom. The van der Waals surface area contributed by atoms with Crippen LogP contribution in [0.5, 0.6) is 0 Å². The Balaban J connectivity index is 1.89. The maximum absolute atomic E-state index is 12.3. The Kier molecular flexibility index (Phi) is 5.54. The molecule has 1 N–H and O–H groups in total. The lowest BCUT2D eigenvalue weighted by Crippen LogP contribution is -2.57. The van der Waals surface area contributed by atoms with Gasteiger partial charge in [0.05, 0.1) is 7.11 Å². The maximum atomic E-state index is 12.3. The smallest absolute Gasteiger partial charge is 0.327 e. The molecule has 0 aromatic heterocycles. The average Bonchev–Trinajstić information content (AvgIpc) is 3.28. The van der Waals surface area contributed by atoms with Gasteiger partial charge in [-0.1, -0.05) is 0 Å². The van der Waals surface area contributed by atoms with Gasteiger partial charge >= 0.3 is 5.97 Å². The molecule has 4 nitrogen and oxygen atoms in total. The van der Waals surface area contributed by atoms with E-state index < -0.39 is 5.54 Å². The molecule has 0 amide bonds. The molecule has 2 aliphatic carbocycles. The minimum atomic E-state index is -0.437. The van der Waals surface area contributed by atoms with Gasteiger partial charge in [-0.05, 0) is 43.8 Å². The van der Waals surface area contributed by atoms with Crippen molar-refractivity contribution in [2.75, 3.05) is 32.3 Å². The van der Waals surface area contributed by atoms with Crippen LogP contribution < -0.4 is 5.32 Å². The van der Waals surface area contributed by atoms with E-state index in [4.69, 9.17) is 9.47 Å². The van der Waals surface area contributed by atoms with Gasteiger partial charge in [0.25, 0.3) is 0 Å². The summed E-state index contributed by atoms with van der Waals surface area (Å²) in [5.41, 5.74) is -0.437. The lowest BCUT2D eigenvalue weighted by atomic mass is 9.95. The Hall–Kier alpha value is -0.260. The molecule has 0 heterocycles. The molecule has 2 aliphatic rings. The van der Waals surface area contributed by atoms with Gasteiger partial charge in [0, 0.05) is 25.5 Å². The average molecular weight is 287 g/mol. The lowest BCUT2D eigenvalue weighted by molar-refractivity contribution is -0.148. The minimum Gasteiger partial charge on any atom is -0.468 e. The van der Waals surface area contributed by atoms with Crippen molar-refractivity contribution in [1.82, 2.24) is 5.32 Å². The first-order valence-electron chi connectivity index (χ1n) is 7.15. The number of ether oxygens (including phenoxy) is 2. The van der Waals surface area contributed by atoms with Crippen molar-refractivity contribution in [1.29, 1.82) is 0 Å². The van der Waals surface area contributed by atoms with Crippen LogP contribution in [0.3, 0.4) is 0 Å². The molecule has 0 aromatic carbocycles. The summed E-state index contributed by atoms with van der Waals surface area (Å²) in [6.45, 7) is 0.789. The summed E-state index contributed by atoms with van der Waals surface area (Å²) in [7, 11) is 3.23. The molecule has 110 valence electrons. The SMILES string of the molecule is COCCCSCC(NC1CC1)(C(=O)OC)C1CC1. The van der Waals surface area contributed by atoms with E-state index in [0.717, 1.165) is 37.4 Å². The topological polar surface area (TPSA) is 47.6 Å². The van der Waals surface area contributed by atoms with Gasteiger partial charge < -0.3 is 9.47 Å². The Bertz CT molecular complexity index is 305. The van der Waals surface area contributed by atoms with E-state index in [1.54, 1.807) is 7.11 Å². The molecule has 1 atom stereocenters. The van der Waals surface area contributed by atoms with Gasteiger partial charge in [0.2, 0.25) is 0 Å². The zero-order valence-electron chi connectivity index (χ0n) is 11.9. The third-order valence-corrected chi connectivity index (χ3v) is 5.07. The van der Waals surface area contributed by atoms with Crippen LogP contribution in [-0.4, -0.2) is 49.9 Å². The van der Waals surface area contributed by atoms with E-state index in [1.165, 1.54) is 20.0 Å². The number of carbonyl (C=O) groups excluding carboxylic acids is 1. The summed E-state index contributed by atoms with van der Waals surface area (Å²) in [4.78, 5) is 12.3. The second kappa shape index (κ2) is 6.95. The van der Waals surface area contributed by atoms with Crippen LogP contribution >= 0.6 is 11.8 Å². The van der Waals surface area contributed by atoms with Gasteiger partial charge in [-0.15, -0.1) is 0 Å². The van der Waals surface area contributed by atoms with Gasteiger partial charge in [-0.25, -0.2) is 0 Å². The number of thioether (sulfide) groups is 1. The monoisotopic (exact) mass is 287 g/mol. The van der Waals surface area contributed by atoms with E-state index in [-0.39, 0.29) is 5.97 Å². The fourth-order valence-corrected chi connectivity index (χ4v) is 3.68. The molecule has 0 bridgehead atoms. The summed E-state index contributed by atoms with van der Waals surface area (Å²) >= 11 is 1.84. The third-order valence-electron chi connectivity index (χ3n) is 3.83. The number of hydrogen-bond acceptors (Lipinski definition) is 5. The minimum absolute atomic E-state index is 0.0684. The van der Waals surface area contributed by atoms with E-state index in [0.29, 0.717) is 12.0 Å². The van der Waals surface area contributed by atoms with Crippen molar-refractivity contribution >= 4 is 17.7 Å². The van der Waals surface area contributed by atoms with Crippen molar-refractivity contribution in [2.24, 2.45) is 5.92 Å². The molecule has 2 saturated carbocycles. The molecular formula is C14H25NO3S. The molecule has 1 unspecified atom stereocenters. The highest BCUT2D eigenvalue weighted by atomic mass is 32.2. The summed E-state index contributed by atoms with van der Waals surface area (Å²) in [5.74, 6) is 2.26. The number of hydrogen-bond donors (Lipinski definition) is 1. The van der Waals surface area contributed by atoms with Crippen LogP contribution in [-0.2, 0) is 14.3 Å². The molecule has 2 fully saturated rings. The van der Waals surface area contributed by atoms with Crippen molar-refractivity contribution in [3.05, 3.63) is 0 Å². The normalized spacial score (nSPS) is 22.0. The zero-order chi connectivity index (χ0) is 13.7. The third kappa shape index (κ3) is 4.10. The standard InChI is InChI=1S/C14H25NO3S/c1-17-8-3-9-19-10-14(11-4-5-11,13(16)18-2)15-12-6-7-12/h11-12,15H,3-10H2,1-2H3.